The molecule has 3 aromatic carbocycles. The number of benzene rings is 3. The fourth-order valence-electron chi connectivity index (χ4n) is 17.2. The lowest BCUT2D eigenvalue weighted by atomic mass is 9.61. The molecule has 6 aliphatic carbocycles. The van der Waals surface area contributed by atoms with E-state index in [4.69, 9.17) is 0 Å². The standard InChI is InChI=1S/C76H110N2/c1-9-15-19-23-34-52-75(53-35-24-20-16-10-2)66-43-32-30-41-62(66)64-49-47-60(57-69(64)75)77(59-39-28-27-29-40-59)71-46-38-45-68(71)74(8)56-51-72(74)78(73(7,13-5)14-6)61-48-50-65-63-42-31-33-44-67(63)76(70(65)58-61,54-36-25-21-17-11-3)55-37-26-22-18-12-4/h27-33,38-40,42-44,46-47,49,51,57-58,62,65,68,70-71H,9-26,34-37,41,45,48,50,52-56H2,1-8H3/t62?,65?,68-,70?,71-,74+/m1/s1. The number of para-hydroxylation sites is 1. The summed E-state index contributed by atoms with van der Waals surface area (Å²) in [6, 6.07) is 29.7. The van der Waals surface area contributed by atoms with E-state index in [1.54, 1.807) is 39.2 Å². The molecule has 3 aromatic rings. The molecule has 0 aromatic heterocycles. The van der Waals surface area contributed by atoms with E-state index in [-0.39, 0.29) is 27.8 Å². The number of hydrogen-bond acceptors (Lipinski definition) is 2. The minimum atomic E-state index is 0.0294. The average molecular weight is 1050 g/mol. The summed E-state index contributed by atoms with van der Waals surface area (Å²) in [6.07, 6.45) is 58.7. The van der Waals surface area contributed by atoms with Gasteiger partial charge in [-0.3, -0.25) is 0 Å². The Morgan fingerprint density at radius 3 is 1.79 bits per heavy atom. The van der Waals surface area contributed by atoms with Gasteiger partial charge in [-0.15, -0.1) is 0 Å². The first-order chi connectivity index (χ1) is 38.2. The van der Waals surface area contributed by atoms with E-state index in [2.05, 4.69) is 181 Å². The van der Waals surface area contributed by atoms with Crippen LogP contribution in [0.15, 0.2) is 132 Å². The molecule has 0 aliphatic heterocycles. The Labute approximate surface area is 479 Å². The molecule has 0 saturated heterocycles. The molecule has 3 unspecified atom stereocenters. The lowest BCUT2D eigenvalue weighted by Crippen LogP contribution is -2.55. The van der Waals surface area contributed by atoms with Crippen molar-refractivity contribution in [2.24, 2.45) is 17.3 Å². The molecule has 6 atom stereocenters. The summed E-state index contributed by atoms with van der Waals surface area (Å²) >= 11 is 0. The number of unbranched alkanes of at least 4 members (excludes halogenated alkanes) is 16. The number of hydrogen-bond donors (Lipinski definition) is 0. The molecule has 0 amide bonds. The largest absolute Gasteiger partial charge is 0.343 e. The van der Waals surface area contributed by atoms with Crippen LogP contribution in [0, 0.1) is 17.3 Å². The molecule has 0 saturated carbocycles. The number of nitrogens with zero attached hydrogens (tertiary/aromatic N) is 2. The average Bonchev–Trinajstić information content (AvgIpc) is 4.29. The smallest absolute Gasteiger partial charge is 0.0562 e. The van der Waals surface area contributed by atoms with Crippen molar-refractivity contribution in [3.63, 3.8) is 0 Å². The molecule has 0 fully saturated rings. The minimum Gasteiger partial charge on any atom is -0.343 e. The molecule has 0 bridgehead atoms. The highest BCUT2D eigenvalue weighted by Crippen LogP contribution is 2.64. The van der Waals surface area contributed by atoms with Crippen LogP contribution in [-0.4, -0.2) is 16.5 Å². The third kappa shape index (κ3) is 11.7. The third-order valence-electron chi connectivity index (χ3n) is 22.0. The molecular formula is C76H110N2. The summed E-state index contributed by atoms with van der Waals surface area (Å²) in [5.41, 5.74) is 14.9. The van der Waals surface area contributed by atoms with E-state index in [1.165, 1.54) is 178 Å². The molecule has 424 valence electrons. The summed E-state index contributed by atoms with van der Waals surface area (Å²) in [6.45, 7) is 19.8. The van der Waals surface area contributed by atoms with Crippen LogP contribution in [0.1, 0.15) is 289 Å². The van der Waals surface area contributed by atoms with E-state index < -0.39 is 0 Å². The van der Waals surface area contributed by atoms with Gasteiger partial charge >= 0.3 is 0 Å². The van der Waals surface area contributed by atoms with Crippen molar-refractivity contribution in [3.8, 4) is 0 Å². The quantitative estimate of drug-likeness (QED) is 0.0443. The first kappa shape index (κ1) is 58.6. The molecule has 6 aliphatic rings. The number of rotatable bonds is 33. The van der Waals surface area contributed by atoms with E-state index in [0.717, 1.165) is 32.1 Å². The van der Waals surface area contributed by atoms with E-state index in [0.29, 0.717) is 23.7 Å². The Bertz CT molecular complexity index is 2500. The van der Waals surface area contributed by atoms with E-state index >= 15 is 0 Å². The maximum atomic E-state index is 3.04. The summed E-state index contributed by atoms with van der Waals surface area (Å²) < 4.78 is 0. The van der Waals surface area contributed by atoms with Crippen LogP contribution < -0.4 is 4.90 Å². The Morgan fingerprint density at radius 1 is 0.590 bits per heavy atom. The van der Waals surface area contributed by atoms with Crippen LogP contribution in [0.5, 0.6) is 0 Å². The lowest BCUT2D eigenvalue weighted by molar-refractivity contribution is 0.0745. The molecule has 78 heavy (non-hydrogen) atoms. The monoisotopic (exact) mass is 1050 g/mol. The predicted molar refractivity (Wildman–Crippen MR) is 339 cm³/mol. The van der Waals surface area contributed by atoms with Crippen LogP contribution in [0.2, 0.25) is 0 Å². The second kappa shape index (κ2) is 27.2. The van der Waals surface area contributed by atoms with Gasteiger partial charge in [0.15, 0.2) is 0 Å². The van der Waals surface area contributed by atoms with Crippen molar-refractivity contribution in [1.29, 1.82) is 0 Å². The van der Waals surface area contributed by atoms with Crippen LogP contribution in [0.4, 0.5) is 11.4 Å². The number of fused-ring (bicyclic) bond motifs is 6. The first-order valence-corrected chi connectivity index (χ1v) is 33.5. The van der Waals surface area contributed by atoms with Gasteiger partial charge in [0.2, 0.25) is 0 Å². The normalized spacial score (nSPS) is 24.2. The second-order valence-corrected chi connectivity index (χ2v) is 26.6. The lowest BCUT2D eigenvalue weighted by Gasteiger charge is -2.57. The molecule has 2 nitrogen and oxygen atoms in total. The molecular weight excluding hydrogens is 941 g/mol. The summed E-state index contributed by atoms with van der Waals surface area (Å²) in [4.78, 5) is 5.87. The zero-order chi connectivity index (χ0) is 54.6. The van der Waals surface area contributed by atoms with Crippen molar-refractivity contribution in [2.75, 3.05) is 4.90 Å². The Hall–Kier alpha value is -4.04. The predicted octanol–water partition coefficient (Wildman–Crippen LogP) is 22.9. The summed E-state index contributed by atoms with van der Waals surface area (Å²) in [5.74, 6) is 2.15. The second-order valence-electron chi connectivity index (χ2n) is 26.6. The van der Waals surface area contributed by atoms with Crippen molar-refractivity contribution >= 4 is 11.4 Å². The molecule has 0 radical (unpaired) electrons. The molecule has 9 rings (SSSR count). The van der Waals surface area contributed by atoms with Crippen molar-refractivity contribution in [1.82, 2.24) is 4.90 Å². The first-order valence-electron chi connectivity index (χ1n) is 33.5. The highest BCUT2D eigenvalue weighted by Gasteiger charge is 2.56. The van der Waals surface area contributed by atoms with Gasteiger partial charge in [0.25, 0.3) is 0 Å². The summed E-state index contributed by atoms with van der Waals surface area (Å²) in [7, 11) is 0. The fourth-order valence-corrected chi connectivity index (χ4v) is 17.2. The zero-order valence-corrected chi connectivity index (χ0v) is 51.2. The van der Waals surface area contributed by atoms with Gasteiger partial charge in [0.05, 0.1) is 6.04 Å². The summed E-state index contributed by atoms with van der Waals surface area (Å²) in [5, 5.41) is 0. The molecule has 0 spiro atoms. The SMILES string of the molecule is CCCCCCCC1(CCCCCCC)C2=CC=CCC2c2ccc(N(c3ccccc3)[C@@H]3C=CC[C@H]3[C@]3(C)CC=C3N(C3=CC4C(CC3)c3ccccc3C4(CCCCCCC)CCCCCCC)C(C)(CC)CC)cc21. The van der Waals surface area contributed by atoms with Crippen LogP contribution in [0.25, 0.3) is 0 Å². The molecule has 0 N–H and O–H groups in total. The Morgan fingerprint density at radius 2 is 1.19 bits per heavy atom. The topological polar surface area (TPSA) is 6.48 Å². The van der Waals surface area contributed by atoms with Gasteiger partial charge in [-0.2, -0.15) is 0 Å². The van der Waals surface area contributed by atoms with Crippen LogP contribution >= 0.6 is 0 Å². The Balaban J connectivity index is 1.09. The van der Waals surface area contributed by atoms with Gasteiger partial charge in [0.1, 0.15) is 0 Å². The van der Waals surface area contributed by atoms with Gasteiger partial charge < -0.3 is 9.80 Å². The van der Waals surface area contributed by atoms with Gasteiger partial charge in [0, 0.05) is 50.5 Å². The highest BCUT2D eigenvalue weighted by atomic mass is 15.2. The van der Waals surface area contributed by atoms with Crippen molar-refractivity contribution in [3.05, 3.63) is 155 Å². The van der Waals surface area contributed by atoms with Gasteiger partial charge in [-0.05, 0) is 142 Å². The molecule has 0 heterocycles. The third-order valence-corrected chi connectivity index (χ3v) is 22.0. The zero-order valence-electron chi connectivity index (χ0n) is 51.2. The maximum absolute atomic E-state index is 3.04. The van der Waals surface area contributed by atoms with E-state index in [9.17, 15) is 0 Å². The molecule has 2 heteroatoms. The van der Waals surface area contributed by atoms with E-state index in [1.807, 2.05) is 0 Å². The Kier molecular flexibility index (Phi) is 20.4. The van der Waals surface area contributed by atoms with Crippen LogP contribution in [-0.2, 0) is 10.8 Å². The highest BCUT2D eigenvalue weighted by molar-refractivity contribution is 5.70. The minimum absolute atomic E-state index is 0.0294. The van der Waals surface area contributed by atoms with Crippen molar-refractivity contribution < 1.29 is 0 Å². The maximum Gasteiger partial charge on any atom is 0.0562 e. The number of allylic oxidation sites excluding steroid dienone is 9. The van der Waals surface area contributed by atoms with Crippen LogP contribution in [0.3, 0.4) is 0 Å². The number of anilines is 2. The van der Waals surface area contributed by atoms with Gasteiger partial charge in [-0.25, -0.2) is 0 Å². The van der Waals surface area contributed by atoms with Crippen molar-refractivity contribution in [2.45, 2.75) is 289 Å². The fraction of sp³-hybridized carbons (Fsp3) is 0.632. The van der Waals surface area contributed by atoms with Gasteiger partial charge in [-0.1, -0.05) is 274 Å².